The summed E-state index contributed by atoms with van der Waals surface area (Å²) < 4.78 is 0. The van der Waals surface area contributed by atoms with Gasteiger partial charge < -0.3 is 16.2 Å². The molecule has 2 saturated carbocycles. The van der Waals surface area contributed by atoms with Crippen LogP contribution in [0.2, 0.25) is 0 Å². The summed E-state index contributed by atoms with van der Waals surface area (Å²) in [6, 6.07) is -0.687. The molecule has 2 rings (SSSR count). The summed E-state index contributed by atoms with van der Waals surface area (Å²) >= 11 is 0. The summed E-state index contributed by atoms with van der Waals surface area (Å²) in [5, 5.41) is 19.3. The number of aliphatic carboxylic acids is 1. The van der Waals surface area contributed by atoms with E-state index < -0.39 is 12.0 Å². The average Bonchev–Trinajstić information content (AvgIpc) is 2.35. The van der Waals surface area contributed by atoms with E-state index in [9.17, 15) is 9.90 Å². The van der Waals surface area contributed by atoms with Gasteiger partial charge in [0.05, 0.1) is 0 Å². The zero-order valence-corrected chi connectivity index (χ0v) is 10.7. The molecular formula is C13H23N3O2. The van der Waals surface area contributed by atoms with E-state index >= 15 is 0 Å². The van der Waals surface area contributed by atoms with Gasteiger partial charge in [0.1, 0.15) is 6.04 Å². The fourth-order valence-corrected chi connectivity index (χ4v) is 3.92. The van der Waals surface area contributed by atoms with E-state index in [0.717, 1.165) is 19.3 Å². The van der Waals surface area contributed by atoms with E-state index in [1.54, 1.807) is 0 Å². The molecule has 5 N–H and O–H groups in total. The summed E-state index contributed by atoms with van der Waals surface area (Å²) in [4.78, 5) is 11.4. The minimum atomic E-state index is -0.874. The van der Waals surface area contributed by atoms with Gasteiger partial charge in [-0.05, 0) is 30.6 Å². The van der Waals surface area contributed by atoms with Gasteiger partial charge in [0.15, 0.2) is 5.96 Å². The van der Waals surface area contributed by atoms with Crippen molar-refractivity contribution in [1.82, 2.24) is 5.32 Å². The molecule has 0 aromatic heterocycles. The van der Waals surface area contributed by atoms with Gasteiger partial charge >= 0.3 is 5.97 Å². The summed E-state index contributed by atoms with van der Waals surface area (Å²) in [6.07, 6.45) is 8.17. The van der Waals surface area contributed by atoms with Gasteiger partial charge in [-0.2, -0.15) is 0 Å². The van der Waals surface area contributed by atoms with Crippen LogP contribution in [-0.4, -0.2) is 23.1 Å². The standard InChI is InChI=1S/C13H23N3O2/c14-13(15)16-11(12(17)18)10-7-3-5-8-4-1-2-6-9(8)10/h8-11H,1-7H2,(H,17,18)(H4,14,15,16). The Morgan fingerprint density at radius 3 is 2.56 bits per heavy atom. The maximum Gasteiger partial charge on any atom is 0.326 e. The summed E-state index contributed by atoms with van der Waals surface area (Å²) in [5.41, 5.74) is 5.31. The third-order valence-corrected chi connectivity index (χ3v) is 4.64. The maximum absolute atomic E-state index is 11.4. The zero-order chi connectivity index (χ0) is 13.1. The minimum Gasteiger partial charge on any atom is -0.480 e. The quantitative estimate of drug-likeness (QED) is 0.452. The number of carboxylic acid groups (broad SMARTS) is 1. The highest BCUT2D eigenvalue weighted by atomic mass is 16.4. The van der Waals surface area contributed by atoms with Crippen molar-refractivity contribution < 1.29 is 9.90 Å². The van der Waals surface area contributed by atoms with Gasteiger partial charge in [-0.25, -0.2) is 4.79 Å². The van der Waals surface area contributed by atoms with Crippen LogP contribution in [0, 0.1) is 23.2 Å². The van der Waals surface area contributed by atoms with Crippen molar-refractivity contribution in [2.45, 2.75) is 51.0 Å². The highest BCUT2D eigenvalue weighted by Crippen LogP contribution is 2.45. The molecule has 4 atom stereocenters. The Hall–Kier alpha value is -1.26. The molecule has 2 aliphatic carbocycles. The third-order valence-electron chi connectivity index (χ3n) is 4.64. The lowest BCUT2D eigenvalue weighted by Crippen LogP contribution is -2.52. The number of hydrogen-bond acceptors (Lipinski definition) is 2. The number of hydrogen-bond donors (Lipinski definition) is 4. The second-order valence-electron chi connectivity index (χ2n) is 5.68. The molecule has 18 heavy (non-hydrogen) atoms. The number of fused-ring (bicyclic) bond motifs is 1. The Morgan fingerprint density at radius 2 is 1.89 bits per heavy atom. The second kappa shape index (κ2) is 5.59. The molecule has 5 heteroatoms. The first kappa shape index (κ1) is 13.2. The van der Waals surface area contributed by atoms with Gasteiger partial charge in [-0.3, -0.25) is 5.41 Å². The Morgan fingerprint density at radius 1 is 1.22 bits per heavy atom. The molecule has 0 saturated heterocycles. The first-order valence-corrected chi connectivity index (χ1v) is 6.93. The molecule has 0 heterocycles. The lowest BCUT2D eigenvalue weighted by molar-refractivity contribution is -0.142. The summed E-state index contributed by atoms with van der Waals surface area (Å²) in [6.45, 7) is 0. The van der Waals surface area contributed by atoms with E-state index in [0.29, 0.717) is 11.8 Å². The van der Waals surface area contributed by atoms with E-state index in [1.807, 2.05) is 0 Å². The lowest BCUT2D eigenvalue weighted by Gasteiger charge is -2.43. The van der Waals surface area contributed by atoms with Crippen molar-refractivity contribution in [3.63, 3.8) is 0 Å². The van der Waals surface area contributed by atoms with Crippen molar-refractivity contribution in [3.8, 4) is 0 Å². The first-order chi connectivity index (χ1) is 8.59. The van der Waals surface area contributed by atoms with Crippen molar-refractivity contribution in [2.24, 2.45) is 23.5 Å². The molecule has 0 aromatic rings. The van der Waals surface area contributed by atoms with E-state index in [-0.39, 0.29) is 11.9 Å². The van der Waals surface area contributed by atoms with E-state index in [4.69, 9.17) is 11.1 Å². The second-order valence-corrected chi connectivity index (χ2v) is 5.68. The van der Waals surface area contributed by atoms with Gasteiger partial charge in [-0.15, -0.1) is 0 Å². The summed E-state index contributed by atoms with van der Waals surface area (Å²) in [7, 11) is 0. The van der Waals surface area contributed by atoms with Crippen molar-refractivity contribution in [3.05, 3.63) is 0 Å². The van der Waals surface area contributed by atoms with Gasteiger partial charge in [0.2, 0.25) is 0 Å². The number of carbonyl (C=O) groups is 1. The third kappa shape index (κ3) is 2.76. The highest BCUT2D eigenvalue weighted by molar-refractivity contribution is 5.83. The Bertz CT molecular complexity index is 330. The molecule has 0 aliphatic heterocycles. The molecule has 0 amide bonds. The Labute approximate surface area is 108 Å². The van der Waals surface area contributed by atoms with Crippen molar-refractivity contribution >= 4 is 11.9 Å². The first-order valence-electron chi connectivity index (χ1n) is 6.93. The van der Waals surface area contributed by atoms with Crippen LogP contribution in [0.3, 0.4) is 0 Å². The van der Waals surface area contributed by atoms with Crippen LogP contribution in [0.25, 0.3) is 0 Å². The van der Waals surface area contributed by atoms with Crippen LogP contribution < -0.4 is 11.1 Å². The molecule has 0 bridgehead atoms. The number of nitrogens with one attached hydrogen (secondary N) is 2. The topological polar surface area (TPSA) is 99.2 Å². The monoisotopic (exact) mass is 253 g/mol. The molecule has 0 aromatic carbocycles. The molecule has 0 spiro atoms. The van der Waals surface area contributed by atoms with Crippen molar-refractivity contribution in [1.29, 1.82) is 5.41 Å². The van der Waals surface area contributed by atoms with Crippen LogP contribution >= 0.6 is 0 Å². The maximum atomic E-state index is 11.4. The lowest BCUT2D eigenvalue weighted by atomic mass is 9.63. The van der Waals surface area contributed by atoms with Crippen molar-refractivity contribution in [2.75, 3.05) is 0 Å². The average molecular weight is 253 g/mol. The molecule has 0 radical (unpaired) electrons. The number of carboxylic acids is 1. The van der Waals surface area contributed by atoms with Gasteiger partial charge in [0.25, 0.3) is 0 Å². The molecule has 2 fully saturated rings. The smallest absolute Gasteiger partial charge is 0.326 e. The molecular weight excluding hydrogens is 230 g/mol. The number of rotatable bonds is 3. The fraction of sp³-hybridized carbons (Fsp3) is 0.846. The van der Waals surface area contributed by atoms with Crippen LogP contribution in [0.4, 0.5) is 0 Å². The Kier molecular flexibility index (Phi) is 4.09. The highest BCUT2D eigenvalue weighted by Gasteiger charge is 2.41. The van der Waals surface area contributed by atoms with Crippen LogP contribution in [0.15, 0.2) is 0 Å². The van der Waals surface area contributed by atoms with E-state index in [1.165, 1.54) is 25.7 Å². The largest absolute Gasteiger partial charge is 0.480 e. The normalized spacial score (nSPS) is 33.2. The number of nitrogens with two attached hydrogens (primary N) is 1. The predicted molar refractivity (Wildman–Crippen MR) is 69.3 cm³/mol. The SMILES string of the molecule is N=C(N)NC(C(=O)O)C1CCCC2CCCCC21. The summed E-state index contributed by atoms with van der Waals surface area (Å²) in [5.74, 6) is 0.209. The number of guanidine groups is 1. The Balaban J connectivity index is 2.11. The molecule has 102 valence electrons. The zero-order valence-electron chi connectivity index (χ0n) is 10.7. The van der Waals surface area contributed by atoms with E-state index in [2.05, 4.69) is 5.32 Å². The van der Waals surface area contributed by atoms with Gasteiger partial charge in [0, 0.05) is 0 Å². The fourth-order valence-electron chi connectivity index (χ4n) is 3.92. The van der Waals surface area contributed by atoms with Crippen LogP contribution in [-0.2, 0) is 4.79 Å². The molecule has 4 unspecified atom stereocenters. The van der Waals surface area contributed by atoms with Gasteiger partial charge in [-0.1, -0.05) is 32.1 Å². The minimum absolute atomic E-state index is 0.130. The van der Waals surface area contributed by atoms with Crippen LogP contribution in [0.5, 0.6) is 0 Å². The predicted octanol–water partition coefficient (Wildman–Crippen LogP) is 1.53. The molecule has 2 aliphatic rings. The molecule has 5 nitrogen and oxygen atoms in total. The van der Waals surface area contributed by atoms with Crippen LogP contribution in [0.1, 0.15) is 44.9 Å².